The molecule has 2 heterocycles. The summed E-state index contributed by atoms with van der Waals surface area (Å²) in [6.07, 6.45) is 6.63. The van der Waals surface area contributed by atoms with E-state index in [4.69, 9.17) is 4.74 Å². The van der Waals surface area contributed by atoms with E-state index >= 15 is 0 Å². The lowest BCUT2D eigenvalue weighted by molar-refractivity contribution is -0.121. The average molecular weight is 356 g/mol. The number of benzene rings is 1. The molecule has 1 aliphatic heterocycles. The fourth-order valence-electron chi connectivity index (χ4n) is 3.46. The van der Waals surface area contributed by atoms with Crippen LogP contribution in [0.4, 0.5) is 0 Å². The van der Waals surface area contributed by atoms with Crippen LogP contribution in [0.15, 0.2) is 36.7 Å². The van der Waals surface area contributed by atoms with Crippen LogP contribution in [-0.4, -0.2) is 47.3 Å². The Morgan fingerprint density at radius 2 is 2.15 bits per heavy atom. The molecular formula is C20H28N4O2. The Balaban J connectivity index is 1.59. The third-order valence-electron chi connectivity index (χ3n) is 4.88. The Bertz CT molecular complexity index is 722. The second-order valence-corrected chi connectivity index (χ2v) is 6.87. The number of nitrogens with one attached hydrogen (secondary N) is 1. The number of carbonyl (C=O) groups excluding carboxylic acids is 1. The minimum Gasteiger partial charge on any atom is -0.497 e. The quantitative estimate of drug-likeness (QED) is 0.790. The number of aromatic nitrogens is 2. The Morgan fingerprint density at radius 1 is 1.35 bits per heavy atom. The van der Waals surface area contributed by atoms with E-state index < -0.39 is 0 Å². The van der Waals surface area contributed by atoms with Gasteiger partial charge in [-0.1, -0.05) is 12.1 Å². The fraction of sp³-hybridized carbons (Fsp3) is 0.500. The summed E-state index contributed by atoms with van der Waals surface area (Å²) in [4.78, 5) is 14.8. The van der Waals surface area contributed by atoms with Gasteiger partial charge in [0.15, 0.2) is 0 Å². The van der Waals surface area contributed by atoms with Gasteiger partial charge in [-0.05, 0) is 56.1 Å². The minimum atomic E-state index is 0.0604. The summed E-state index contributed by atoms with van der Waals surface area (Å²) in [5.74, 6) is 0.914. The topological polar surface area (TPSA) is 59.4 Å². The Morgan fingerprint density at radius 3 is 2.85 bits per heavy atom. The van der Waals surface area contributed by atoms with Crippen LogP contribution in [0.1, 0.15) is 36.4 Å². The highest BCUT2D eigenvalue weighted by Crippen LogP contribution is 2.27. The van der Waals surface area contributed by atoms with Gasteiger partial charge in [0.1, 0.15) is 5.75 Å². The van der Waals surface area contributed by atoms with Crippen LogP contribution >= 0.6 is 0 Å². The molecule has 6 heteroatoms. The van der Waals surface area contributed by atoms with Crippen LogP contribution < -0.4 is 10.1 Å². The Hall–Kier alpha value is -2.34. The number of ether oxygens (including phenoxy) is 1. The van der Waals surface area contributed by atoms with E-state index in [0.717, 1.165) is 24.4 Å². The summed E-state index contributed by atoms with van der Waals surface area (Å²) in [7, 11) is 1.68. The van der Waals surface area contributed by atoms with Gasteiger partial charge in [0.25, 0.3) is 0 Å². The van der Waals surface area contributed by atoms with Gasteiger partial charge in [-0.25, -0.2) is 0 Å². The Labute approximate surface area is 155 Å². The summed E-state index contributed by atoms with van der Waals surface area (Å²) in [6, 6.07) is 8.34. The van der Waals surface area contributed by atoms with E-state index in [0.29, 0.717) is 19.5 Å². The maximum absolute atomic E-state index is 12.3. The van der Waals surface area contributed by atoms with Crippen molar-refractivity contribution in [2.45, 2.75) is 38.8 Å². The maximum Gasteiger partial charge on any atom is 0.221 e. The van der Waals surface area contributed by atoms with Gasteiger partial charge in [0.2, 0.25) is 5.91 Å². The lowest BCUT2D eigenvalue weighted by Crippen LogP contribution is -2.37. The zero-order chi connectivity index (χ0) is 18.4. The number of rotatable bonds is 8. The number of nitrogens with zero attached hydrogens (tertiary/aromatic N) is 3. The number of likely N-dealkylation sites (tertiary alicyclic amines) is 1. The molecule has 6 nitrogen and oxygen atoms in total. The number of hydrogen-bond acceptors (Lipinski definition) is 4. The molecule has 1 aromatic carbocycles. The van der Waals surface area contributed by atoms with Gasteiger partial charge < -0.3 is 10.1 Å². The molecule has 2 aromatic rings. The van der Waals surface area contributed by atoms with Crippen molar-refractivity contribution in [1.29, 1.82) is 0 Å². The first-order valence-electron chi connectivity index (χ1n) is 9.29. The second kappa shape index (κ2) is 8.85. The highest BCUT2D eigenvalue weighted by Gasteiger charge is 2.24. The van der Waals surface area contributed by atoms with E-state index in [2.05, 4.69) is 27.4 Å². The van der Waals surface area contributed by atoms with E-state index in [1.54, 1.807) is 7.11 Å². The predicted octanol–water partition coefficient (Wildman–Crippen LogP) is 2.54. The molecule has 0 saturated carbocycles. The SMILES string of the molecule is COc1cccc(C(CNC(=O)CCn2cc(C)cn2)N2CCCC2)c1. The first-order chi connectivity index (χ1) is 12.7. The molecule has 1 saturated heterocycles. The summed E-state index contributed by atoms with van der Waals surface area (Å²) >= 11 is 0. The third kappa shape index (κ3) is 4.85. The molecule has 0 aliphatic carbocycles. The largest absolute Gasteiger partial charge is 0.497 e. The molecule has 1 amide bonds. The highest BCUT2D eigenvalue weighted by atomic mass is 16.5. The van der Waals surface area contributed by atoms with Gasteiger partial charge in [0.05, 0.1) is 19.3 Å². The third-order valence-corrected chi connectivity index (χ3v) is 4.88. The lowest BCUT2D eigenvalue weighted by Gasteiger charge is -2.28. The monoisotopic (exact) mass is 356 g/mol. The van der Waals surface area contributed by atoms with E-state index in [-0.39, 0.29) is 11.9 Å². The normalized spacial score (nSPS) is 15.8. The maximum atomic E-state index is 12.3. The van der Waals surface area contributed by atoms with Crippen molar-refractivity contribution in [2.24, 2.45) is 0 Å². The van der Waals surface area contributed by atoms with Crippen molar-refractivity contribution in [3.63, 3.8) is 0 Å². The van der Waals surface area contributed by atoms with Gasteiger partial charge in [-0.3, -0.25) is 14.4 Å². The molecule has 0 spiro atoms. The van der Waals surface area contributed by atoms with Crippen LogP contribution in [0.2, 0.25) is 0 Å². The van der Waals surface area contributed by atoms with Gasteiger partial charge in [-0.2, -0.15) is 5.10 Å². The van der Waals surface area contributed by atoms with Crippen LogP contribution in [0, 0.1) is 6.92 Å². The van der Waals surface area contributed by atoms with E-state index in [9.17, 15) is 4.79 Å². The van der Waals surface area contributed by atoms with Crippen molar-refractivity contribution in [3.05, 3.63) is 47.8 Å². The molecule has 140 valence electrons. The molecule has 0 radical (unpaired) electrons. The summed E-state index contributed by atoms with van der Waals surface area (Å²) in [5, 5.41) is 7.34. The number of carbonyl (C=O) groups is 1. The first-order valence-corrected chi connectivity index (χ1v) is 9.29. The molecule has 1 fully saturated rings. The summed E-state index contributed by atoms with van der Waals surface area (Å²) in [6.45, 7) is 5.37. The molecule has 0 bridgehead atoms. The molecule has 1 unspecified atom stereocenters. The number of hydrogen-bond donors (Lipinski definition) is 1. The van der Waals surface area contributed by atoms with Crippen molar-refractivity contribution in [1.82, 2.24) is 20.0 Å². The molecule has 26 heavy (non-hydrogen) atoms. The van der Waals surface area contributed by atoms with Crippen LogP contribution in [0.3, 0.4) is 0 Å². The van der Waals surface area contributed by atoms with Gasteiger partial charge in [-0.15, -0.1) is 0 Å². The van der Waals surface area contributed by atoms with Crippen LogP contribution in [-0.2, 0) is 11.3 Å². The molecule has 1 atom stereocenters. The number of amides is 1. The second-order valence-electron chi connectivity index (χ2n) is 6.87. The summed E-state index contributed by atoms with van der Waals surface area (Å²) < 4.78 is 7.18. The van der Waals surface area contributed by atoms with Gasteiger partial charge in [0, 0.05) is 25.7 Å². The molecule has 3 rings (SSSR count). The van der Waals surface area contributed by atoms with Crippen molar-refractivity contribution >= 4 is 5.91 Å². The lowest BCUT2D eigenvalue weighted by atomic mass is 10.0. The molecule has 1 N–H and O–H groups in total. The van der Waals surface area contributed by atoms with Crippen molar-refractivity contribution in [2.75, 3.05) is 26.7 Å². The standard InChI is InChI=1S/C20H28N4O2/c1-16-13-22-24(15-16)11-8-20(25)21-14-19(23-9-3-4-10-23)17-6-5-7-18(12-17)26-2/h5-7,12-13,15,19H,3-4,8-11,14H2,1-2H3,(H,21,25). The summed E-state index contributed by atoms with van der Waals surface area (Å²) in [5.41, 5.74) is 2.30. The van der Waals surface area contributed by atoms with Crippen molar-refractivity contribution < 1.29 is 9.53 Å². The molecular weight excluding hydrogens is 328 g/mol. The van der Waals surface area contributed by atoms with Crippen molar-refractivity contribution in [3.8, 4) is 5.75 Å². The first kappa shape index (κ1) is 18.5. The predicted molar refractivity (Wildman–Crippen MR) is 101 cm³/mol. The molecule has 1 aliphatic rings. The van der Waals surface area contributed by atoms with Crippen LogP contribution in [0.25, 0.3) is 0 Å². The zero-order valence-electron chi connectivity index (χ0n) is 15.6. The smallest absolute Gasteiger partial charge is 0.221 e. The fourth-order valence-corrected chi connectivity index (χ4v) is 3.46. The average Bonchev–Trinajstić information content (AvgIpc) is 3.32. The zero-order valence-corrected chi connectivity index (χ0v) is 15.6. The minimum absolute atomic E-state index is 0.0604. The Kier molecular flexibility index (Phi) is 6.28. The van der Waals surface area contributed by atoms with Gasteiger partial charge >= 0.3 is 0 Å². The van der Waals surface area contributed by atoms with E-state index in [1.165, 1.54) is 18.4 Å². The van der Waals surface area contributed by atoms with Crippen LogP contribution in [0.5, 0.6) is 5.75 Å². The number of methoxy groups -OCH3 is 1. The van der Waals surface area contributed by atoms with E-state index in [1.807, 2.05) is 36.1 Å². The molecule has 1 aromatic heterocycles. The number of aryl methyl sites for hydroxylation is 2. The highest BCUT2D eigenvalue weighted by molar-refractivity contribution is 5.75.